The molecule has 1 N–H and O–H groups in total. The van der Waals surface area contributed by atoms with E-state index in [0.717, 1.165) is 0 Å². The molecule has 0 aromatic heterocycles. The van der Waals surface area contributed by atoms with Gasteiger partial charge >= 0.3 is 6.61 Å². The number of carbonyl (C=O) groups excluding carboxylic acids is 2. The average molecular weight is 487 g/mol. The van der Waals surface area contributed by atoms with Crippen molar-refractivity contribution in [3.8, 4) is 17.2 Å². The number of hydrogen-bond donors (Lipinski definition) is 1. The molecule has 0 spiro atoms. The van der Waals surface area contributed by atoms with Gasteiger partial charge in [0.05, 0.1) is 10.6 Å². The van der Waals surface area contributed by atoms with Crippen LogP contribution in [0.1, 0.15) is 23.2 Å². The fourth-order valence-electron chi connectivity index (χ4n) is 3.66. The smallest absolute Gasteiger partial charge is 0.387 e. The average Bonchev–Trinajstić information content (AvgIpc) is 3.22. The quantitative estimate of drug-likeness (QED) is 0.655. The molecule has 2 aliphatic heterocycles. The summed E-state index contributed by atoms with van der Waals surface area (Å²) in [6.07, 6.45) is 0.808. The summed E-state index contributed by atoms with van der Waals surface area (Å²) < 4.78 is 40.6. The van der Waals surface area contributed by atoms with Crippen LogP contribution in [0.3, 0.4) is 0 Å². The van der Waals surface area contributed by atoms with Crippen LogP contribution in [0.2, 0.25) is 10.0 Å². The molecule has 1 fully saturated rings. The highest BCUT2D eigenvalue weighted by molar-refractivity contribution is 6.36. The van der Waals surface area contributed by atoms with Gasteiger partial charge in [-0.15, -0.1) is 0 Å². The van der Waals surface area contributed by atoms with Crippen molar-refractivity contribution in [2.75, 3.05) is 25.2 Å². The Kier molecular flexibility index (Phi) is 6.57. The highest BCUT2D eigenvalue weighted by Crippen LogP contribution is 2.36. The van der Waals surface area contributed by atoms with E-state index >= 15 is 0 Å². The third-order valence-corrected chi connectivity index (χ3v) is 5.74. The molecule has 11 heteroatoms. The number of amides is 2. The number of ether oxygens (including phenoxy) is 3. The second-order valence-electron chi connectivity index (χ2n) is 7.27. The lowest BCUT2D eigenvalue weighted by Gasteiger charge is -2.32. The van der Waals surface area contributed by atoms with Crippen molar-refractivity contribution in [3.63, 3.8) is 0 Å². The maximum atomic E-state index is 12.9. The number of anilines is 1. The Morgan fingerprint density at radius 1 is 1.09 bits per heavy atom. The molecule has 2 aromatic rings. The molecule has 2 aromatic carbocycles. The van der Waals surface area contributed by atoms with Crippen LogP contribution in [0.5, 0.6) is 17.2 Å². The molecule has 7 nitrogen and oxygen atoms in total. The zero-order valence-corrected chi connectivity index (χ0v) is 18.1. The van der Waals surface area contributed by atoms with Crippen LogP contribution < -0.4 is 19.5 Å². The van der Waals surface area contributed by atoms with Gasteiger partial charge in [-0.25, -0.2) is 0 Å². The number of fused-ring (bicyclic) bond motifs is 1. The molecule has 0 saturated carbocycles. The van der Waals surface area contributed by atoms with Gasteiger partial charge in [-0.1, -0.05) is 23.2 Å². The van der Waals surface area contributed by atoms with Gasteiger partial charge in [0, 0.05) is 35.8 Å². The van der Waals surface area contributed by atoms with Crippen LogP contribution in [0, 0.1) is 5.92 Å². The molecule has 0 unspecified atom stereocenters. The van der Waals surface area contributed by atoms with Crippen LogP contribution in [0.4, 0.5) is 14.5 Å². The lowest BCUT2D eigenvalue weighted by atomic mass is 9.95. The summed E-state index contributed by atoms with van der Waals surface area (Å²) in [5.41, 5.74) is 0.436. The summed E-state index contributed by atoms with van der Waals surface area (Å²) in [5.74, 6) is -0.275. The lowest BCUT2D eigenvalue weighted by Crippen LogP contribution is -2.41. The van der Waals surface area contributed by atoms with E-state index in [0.29, 0.717) is 30.0 Å². The van der Waals surface area contributed by atoms with Crippen molar-refractivity contribution in [3.05, 3.63) is 45.9 Å². The maximum Gasteiger partial charge on any atom is 0.387 e. The fraction of sp³-hybridized carbons (Fsp3) is 0.333. The van der Waals surface area contributed by atoms with Crippen LogP contribution in [0.25, 0.3) is 0 Å². The molecule has 1 saturated heterocycles. The van der Waals surface area contributed by atoms with E-state index in [1.165, 1.54) is 17.0 Å². The standard InChI is InChI=1S/C21H18Cl2F2N2O5/c22-12-7-14(18(15(23)8-12)32-21(24)25)20(29)27-5-3-11(4-6-27)19(28)26-13-1-2-16-17(9-13)31-10-30-16/h1-2,7-9,11,21H,3-6,10H2,(H,26,28). The first-order valence-corrected chi connectivity index (χ1v) is 10.5. The normalized spacial score (nSPS) is 15.7. The first-order chi connectivity index (χ1) is 15.3. The number of rotatable bonds is 5. The van der Waals surface area contributed by atoms with Crippen molar-refractivity contribution in [2.24, 2.45) is 5.92 Å². The summed E-state index contributed by atoms with van der Waals surface area (Å²) in [6, 6.07) is 7.59. The molecule has 0 radical (unpaired) electrons. The van der Waals surface area contributed by atoms with E-state index in [1.54, 1.807) is 18.2 Å². The van der Waals surface area contributed by atoms with Crippen LogP contribution in [-0.2, 0) is 4.79 Å². The Hall–Kier alpha value is -2.78. The minimum Gasteiger partial charge on any atom is -0.454 e. The number of halogens is 4. The predicted octanol–water partition coefficient (Wildman–Crippen LogP) is 4.81. The summed E-state index contributed by atoms with van der Waals surface area (Å²) in [5, 5.41) is 2.79. The highest BCUT2D eigenvalue weighted by atomic mass is 35.5. The number of hydrogen-bond acceptors (Lipinski definition) is 5. The Labute approximate surface area is 192 Å². The van der Waals surface area contributed by atoms with Gasteiger partial charge < -0.3 is 24.4 Å². The van der Waals surface area contributed by atoms with Crippen LogP contribution >= 0.6 is 23.2 Å². The van der Waals surface area contributed by atoms with Crippen molar-refractivity contribution in [1.82, 2.24) is 4.90 Å². The third-order valence-electron chi connectivity index (χ3n) is 5.24. The molecule has 2 heterocycles. The van der Waals surface area contributed by atoms with E-state index in [9.17, 15) is 18.4 Å². The summed E-state index contributed by atoms with van der Waals surface area (Å²) in [7, 11) is 0. The van der Waals surface area contributed by atoms with Crippen LogP contribution in [0.15, 0.2) is 30.3 Å². The van der Waals surface area contributed by atoms with Crippen molar-refractivity contribution in [1.29, 1.82) is 0 Å². The number of carbonyl (C=O) groups is 2. The van der Waals surface area contributed by atoms with E-state index in [-0.39, 0.29) is 47.3 Å². The van der Waals surface area contributed by atoms with E-state index < -0.39 is 18.3 Å². The zero-order chi connectivity index (χ0) is 22.8. The SMILES string of the molecule is O=C(Nc1ccc2c(c1)OCO2)C1CCN(C(=O)c2cc(Cl)cc(Cl)c2OC(F)F)CC1. The molecule has 0 atom stereocenters. The number of benzene rings is 2. The Morgan fingerprint density at radius 2 is 1.81 bits per heavy atom. The summed E-state index contributed by atoms with van der Waals surface area (Å²) in [4.78, 5) is 27.1. The van der Waals surface area contributed by atoms with Gasteiger partial charge in [0.15, 0.2) is 17.2 Å². The summed E-state index contributed by atoms with van der Waals surface area (Å²) >= 11 is 11.9. The van der Waals surface area contributed by atoms with Crippen molar-refractivity contribution < 1.29 is 32.6 Å². The molecule has 170 valence electrons. The molecule has 2 aliphatic rings. The zero-order valence-electron chi connectivity index (χ0n) is 16.6. The number of nitrogens with zero attached hydrogens (tertiary/aromatic N) is 1. The Balaban J connectivity index is 1.39. The fourth-order valence-corrected chi connectivity index (χ4v) is 4.20. The lowest BCUT2D eigenvalue weighted by molar-refractivity contribution is -0.121. The maximum absolute atomic E-state index is 12.9. The largest absolute Gasteiger partial charge is 0.454 e. The van der Waals surface area contributed by atoms with Gasteiger partial charge in [0.2, 0.25) is 12.7 Å². The van der Waals surface area contributed by atoms with E-state index in [4.69, 9.17) is 32.7 Å². The molecular weight excluding hydrogens is 469 g/mol. The van der Waals surface area contributed by atoms with Crippen molar-refractivity contribution >= 4 is 40.7 Å². The minimum absolute atomic E-state index is 0.123. The molecule has 4 rings (SSSR count). The van der Waals surface area contributed by atoms with E-state index in [2.05, 4.69) is 10.1 Å². The predicted molar refractivity (Wildman–Crippen MR) is 113 cm³/mol. The number of piperidine rings is 1. The first-order valence-electron chi connectivity index (χ1n) is 9.75. The molecular formula is C21H18Cl2F2N2O5. The second kappa shape index (κ2) is 9.38. The van der Waals surface area contributed by atoms with Gasteiger partial charge in [-0.3, -0.25) is 9.59 Å². The number of alkyl halides is 2. The first kappa shape index (κ1) is 22.4. The monoisotopic (exact) mass is 486 g/mol. The Bertz CT molecular complexity index is 1050. The highest BCUT2D eigenvalue weighted by Gasteiger charge is 2.30. The molecule has 0 bridgehead atoms. The van der Waals surface area contributed by atoms with E-state index in [1.807, 2.05) is 0 Å². The third kappa shape index (κ3) is 4.83. The number of likely N-dealkylation sites (tertiary alicyclic amines) is 1. The van der Waals surface area contributed by atoms with Gasteiger partial charge in [0.1, 0.15) is 0 Å². The molecule has 2 amide bonds. The molecule has 0 aliphatic carbocycles. The van der Waals surface area contributed by atoms with Gasteiger partial charge in [0.25, 0.3) is 5.91 Å². The topological polar surface area (TPSA) is 77.1 Å². The minimum atomic E-state index is -3.15. The summed E-state index contributed by atoms with van der Waals surface area (Å²) in [6.45, 7) is -2.49. The molecule has 32 heavy (non-hydrogen) atoms. The van der Waals surface area contributed by atoms with Crippen LogP contribution in [-0.4, -0.2) is 43.2 Å². The van der Waals surface area contributed by atoms with Crippen molar-refractivity contribution in [2.45, 2.75) is 19.5 Å². The van der Waals surface area contributed by atoms with Gasteiger partial charge in [-0.2, -0.15) is 8.78 Å². The second-order valence-corrected chi connectivity index (χ2v) is 8.11. The van der Waals surface area contributed by atoms with Gasteiger partial charge in [-0.05, 0) is 37.1 Å². The number of nitrogens with one attached hydrogen (secondary N) is 1. The Morgan fingerprint density at radius 3 is 2.53 bits per heavy atom.